The van der Waals surface area contributed by atoms with E-state index in [0.717, 1.165) is 12.1 Å². The van der Waals surface area contributed by atoms with Crippen molar-refractivity contribution in [2.45, 2.75) is 20.1 Å². The molecule has 0 aromatic heterocycles. The van der Waals surface area contributed by atoms with Crippen molar-refractivity contribution in [2.24, 2.45) is 0 Å². The molecule has 1 amide bonds. The average Bonchev–Trinajstić information content (AvgIpc) is 2.44. The highest BCUT2D eigenvalue weighted by molar-refractivity contribution is 5.94. The average molecular weight is 300 g/mol. The van der Waals surface area contributed by atoms with Crippen LogP contribution in [-0.2, 0) is 9.47 Å². The molecule has 0 spiro atoms. The molecule has 116 valence electrons. The summed E-state index contributed by atoms with van der Waals surface area (Å²) in [5, 5.41) is 13.0. The molecule has 0 aliphatic carbocycles. The van der Waals surface area contributed by atoms with Gasteiger partial charge in [0.25, 0.3) is 11.6 Å². The number of non-ortho nitro benzene ring substituents is 1. The lowest BCUT2D eigenvalue weighted by molar-refractivity contribution is -0.385. The van der Waals surface area contributed by atoms with E-state index in [1.165, 1.54) is 0 Å². The van der Waals surface area contributed by atoms with Crippen LogP contribution in [0.3, 0.4) is 0 Å². The van der Waals surface area contributed by atoms with Gasteiger partial charge in [0, 0.05) is 19.3 Å². The van der Waals surface area contributed by atoms with E-state index < -0.39 is 28.6 Å². The molecule has 0 unspecified atom stereocenters. The van der Waals surface area contributed by atoms with Gasteiger partial charge in [-0.1, -0.05) is 0 Å². The smallest absolute Gasteiger partial charge is 0.272 e. The van der Waals surface area contributed by atoms with Gasteiger partial charge >= 0.3 is 0 Å². The van der Waals surface area contributed by atoms with Crippen molar-refractivity contribution in [3.8, 4) is 0 Å². The first-order valence-electron chi connectivity index (χ1n) is 6.44. The number of nitro groups is 1. The molecular formula is C13H17FN2O5. The summed E-state index contributed by atoms with van der Waals surface area (Å²) in [7, 11) is 0. The fraction of sp³-hybridized carbons (Fsp3) is 0.462. The third-order valence-electron chi connectivity index (χ3n) is 2.54. The Bertz CT molecular complexity index is 503. The number of nitro benzene ring substituents is 1. The molecule has 0 fully saturated rings. The third kappa shape index (κ3) is 5.09. The number of hydrogen-bond donors (Lipinski definition) is 1. The van der Waals surface area contributed by atoms with Crippen molar-refractivity contribution >= 4 is 11.6 Å². The fourth-order valence-corrected chi connectivity index (χ4v) is 1.61. The van der Waals surface area contributed by atoms with Gasteiger partial charge in [-0.3, -0.25) is 14.9 Å². The van der Waals surface area contributed by atoms with Gasteiger partial charge in [-0.15, -0.1) is 0 Å². The molecule has 0 atom stereocenters. The largest absolute Gasteiger partial charge is 0.351 e. The lowest BCUT2D eigenvalue weighted by Crippen LogP contribution is -2.35. The molecule has 0 aliphatic rings. The highest BCUT2D eigenvalue weighted by atomic mass is 19.1. The van der Waals surface area contributed by atoms with E-state index in [4.69, 9.17) is 9.47 Å². The topological polar surface area (TPSA) is 90.7 Å². The first-order chi connectivity index (χ1) is 9.99. The molecule has 8 heteroatoms. The minimum Gasteiger partial charge on any atom is -0.351 e. The summed E-state index contributed by atoms with van der Waals surface area (Å²) >= 11 is 0. The summed E-state index contributed by atoms with van der Waals surface area (Å²) < 4.78 is 24.1. The monoisotopic (exact) mass is 300 g/mol. The Labute approximate surface area is 121 Å². The first-order valence-corrected chi connectivity index (χ1v) is 6.44. The zero-order valence-corrected chi connectivity index (χ0v) is 11.8. The van der Waals surface area contributed by atoms with Crippen LogP contribution in [0.25, 0.3) is 0 Å². The summed E-state index contributed by atoms with van der Waals surface area (Å²) in [5.41, 5.74) is -0.682. The van der Waals surface area contributed by atoms with E-state index in [1.807, 2.05) is 0 Å². The molecule has 0 heterocycles. The van der Waals surface area contributed by atoms with Crippen molar-refractivity contribution in [2.75, 3.05) is 19.8 Å². The maximum atomic E-state index is 13.7. The number of nitrogens with zero attached hydrogens (tertiary/aromatic N) is 1. The van der Waals surface area contributed by atoms with Gasteiger partial charge in [0.1, 0.15) is 5.82 Å². The van der Waals surface area contributed by atoms with Crippen molar-refractivity contribution in [3.63, 3.8) is 0 Å². The number of hydrogen-bond acceptors (Lipinski definition) is 5. The number of amides is 1. The van der Waals surface area contributed by atoms with Crippen molar-refractivity contribution in [1.82, 2.24) is 5.32 Å². The van der Waals surface area contributed by atoms with Crippen LogP contribution in [0.2, 0.25) is 0 Å². The molecule has 0 saturated heterocycles. The third-order valence-corrected chi connectivity index (χ3v) is 2.54. The number of benzene rings is 1. The second-order valence-electron chi connectivity index (χ2n) is 3.97. The summed E-state index contributed by atoms with van der Waals surface area (Å²) in [5.74, 6) is -1.64. The zero-order chi connectivity index (χ0) is 15.8. The number of halogens is 1. The maximum Gasteiger partial charge on any atom is 0.272 e. The molecule has 0 bridgehead atoms. The minimum absolute atomic E-state index is 0.0525. The van der Waals surface area contributed by atoms with Crippen LogP contribution in [0.15, 0.2) is 18.2 Å². The van der Waals surface area contributed by atoms with E-state index >= 15 is 0 Å². The second-order valence-corrected chi connectivity index (χ2v) is 3.97. The van der Waals surface area contributed by atoms with Crippen LogP contribution < -0.4 is 5.32 Å². The molecule has 0 aliphatic heterocycles. The van der Waals surface area contributed by atoms with Crippen LogP contribution in [0.4, 0.5) is 10.1 Å². The Morgan fingerprint density at radius 3 is 2.48 bits per heavy atom. The highest BCUT2D eigenvalue weighted by Crippen LogP contribution is 2.16. The lowest BCUT2D eigenvalue weighted by atomic mass is 10.2. The van der Waals surface area contributed by atoms with Gasteiger partial charge in [0.15, 0.2) is 6.29 Å². The van der Waals surface area contributed by atoms with Gasteiger partial charge in [0.2, 0.25) is 0 Å². The standard InChI is InChI=1S/C13H17FN2O5/c1-3-20-12(21-4-2)8-15-13(17)10-6-5-9(16(18)19)7-11(10)14/h5-7,12H,3-4,8H2,1-2H3,(H,15,17). The number of carbonyl (C=O) groups is 1. The van der Waals surface area contributed by atoms with Crippen molar-refractivity contribution < 1.29 is 23.6 Å². The van der Waals surface area contributed by atoms with Crippen LogP contribution in [0.1, 0.15) is 24.2 Å². The molecule has 1 rings (SSSR count). The Morgan fingerprint density at radius 2 is 2.00 bits per heavy atom. The van der Waals surface area contributed by atoms with Crippen LogP contribution >= 0.6 is 0 Å². The van der Waals surface area contributed by atoms with E-state index in [0.29, 0.717) is 19.3 Å². The van der Waals surface area contributed by atoms with Crippen molar-refractivity contribution in [3.05, 3.63) is 39.7 Å². The summed E-state index contributed by atoms with van der Waals surface area (Å²) in [4.78, 5) is 21.6. The highest BCUT2D eigenvalue weighted by Gasteiger charge is 2.17. The molecule has 1 aromatic rings. The van der Waals surface area contributed by atoms with Gasteiger partial charge < -0.3 is 14.8 Å². The quantitative estimate of drug-likeness (QED) is 0.449. The molecule has 1 aromatic carbocycles. The van der Waals surface area contributed by atoms with E-state index in [1.54, 1.807) is 13.8 Å². The van der Waals surface area contributed by atoms with Gasteiger partial charge in [-0.25, -0.2) is 4.39 Å². The van der Waals surface area contributed by atoms with Crippen LogP contribution in [-0.4, -0.2) is 36.9 Å². The minimum atomic E-state index is -0.953. The van der Waals surface area contributed by atoms with Gasteiger partial charge in [-0.2, -0.15) is 0 Å². The summed E-state index contributed by atoms with van der Waals surface area (Å²) in [6.45, 7) is 4.43. The normalized spacial score (nSPS) is 10.7. The molecule has 0 saturated carbocycles. The Morgan fingerprint density at radius 1 is 1.38 bits per heavy atom. The van der Waals surface area contributed by atoms with E-state index in [9.17, 15) is 19.3 Å². The molecule has 0 radical (unpaired) electrons. The number of nitrogens with one attached hydrogen (secondary N) is 1. The second kappa shape index (κ2) is 8.28. The van der Waals surface area contributed by atoms with Crippen LogP contribution in [0.5, 0.6) is 0 Å². The molecule has 21 heavy (non-hydrogen) atoms. The predicted octanol–water partition coefficient (Wildman–Crippen LogP) is 1.86. The Balaban J connectivity index is 2.69. The van der Waals surface area contributed by atoms with Crippen LogP contribution in [0, 0.1) is 15.9 Å². The zero-order valence-electron chi connectivity index (χ0n) is 11.8. The summed E-state index contributed by atoms with van der Waals surface area (Å²) in [6.07, 6.45) is -0.620. The number of rotatable bonds is 8. The van der Waals surface area contributed by atoms with Gasteiger partial charge in [0.05, 0.1) is 23.1 Å². The fourth-order valence-electron chi connectivity index (χ4n) is 1.61. The van der Waals surface area contributed by atoms with Crippen molar-refractivity contribution in [1.29, 1.82) is 0 Å². The number of ether oxygens (including phenoxy) is 2. The maximum absolute atomic E-state index is 13.7. The molecular weight excluding hydrogens is 283 g/mol. The SMILES string of the molecule is CCOC(CNC(=O)c1ccc([N+](=O)[O-])cc1F)OCC. The first kappa shape index (κ1) is 17.0. The number of carbonyl (C=O) groups excluding carboxylic acids is 1. The van der Waals surface area contributed by atoms with E-state index in [-0.39, 0.29) is 12.1 Å². The van der Waals surface area contributed by atoms with E-state index in [2.05, 4.69) is 5.32 Å². The molecule has 1 N–H and O–H groups in total. The Kier molecular flexibility index (Phi) is 6.70. The lowest BCUT2D eigenvalue weighted by Gasteiger charge is -2.17. The van der Waals surface area contributed by atoms with Gasteiger partial charge in [-0.05, 0) is 19.9 Å². The predicted molar refractivity (Wildman–Crippen MR) is 72.4 cm³/mol. The molecule has 7 nitrogen and oxygen atoms in total. The summed E-state index contributed by atoms with van der Waals surface area (Å²) in [6, 6.07) is 2.84. The Hall–Kier alpha value is -2.06.